The van der Waals surface area contributed by atoms with Crippen molar-refractivity contribution in [1.82, 2.24) is 10.2 Å². The van der Waals surface area contributed by atoms with Gasteiger partial charge in [-0.1, -0.05) is 37.0 Å². The highest BCUT2D eigenvalue weighted by Crippen LogP contribution is 2.27. The summed E-state index contributed by atoms with van der Waals surface area (Å²) in [6.45, 7) is 7.16. The Kier molecular flexibility index (Phi) is 8.39. The Morgan fingerprint density at radius 3 is 2.00 bits per heavy atom. The van der Waals surface area contributed by atoms with E-state index in [1.165, 1.54) is 0 Å². The molecule has 144 valence electrons. The first-order valence-electron chi connectivity index (χ1n) is 9.54. The van der Waals surface area contributed by atoms with E-state index in [9.17, 15) is 9.59 Å². The zero-order valence-corrected chi connectivity index (χ0v) is 17.1. The molecule has 0 radical (unpaired) electrons. The van der Waals surface area contributed by atoms with Gasteiger partial charge in [0.2, 0.25) is 5.91 Å². The SMILES string of the molecule is CC.O=C(c1cc(Cl)cc(Cl)c1)C1CCN(C(=O)C2CCNCC2)CC1. The highest BCUT2D eigenvalue weighted by atomic mass is 35.5. The first-order chi connectivity index (χ1) is 12.5. The fraction of sp³-hybridized carbons (Fsp3) is 0.600. The minimum atomic E-state index is -0.0587. The molecule has 1 aromatic carbocycles. The standard InChI is InChI=1S/C18H22Cl2N2O2.C2H6/c19-15-9-14(10-16(20)11-15)17(23)12-3-7-22(8-4-12)18(24)13-1-5-21-6-2-13;1-2/h9-13,21H,1-8H2;1-2H3. The van der Waals surface area contributed by atoms with Crippen LogP contribution in [0.2, 0.25) is 10.0 Å². The molecule has 1 N–H and O–H groups in total. The number of hydrogen-bond donors (Lipinski definition) is 1. The van der Waals surface area contributed by atoms with E-state index in [0.717, 1.165) is 25.9 Å². The maximum Gasteiger partial charge on any atom is 0.225 e. The predicted octanol–water partition coefficient (Wildman–Crippen LogP) is 4.44. The largest absolute Gasteiger partial charge is 0.342 e. The van der Waals surface area contributed by atoms with Crippen molar-refractivity contribution in [3.05, 3.63) is 33.8 Å². The smallest absolute Gasteiger partial charge is 0.225 e. The van der Waals surface area contributed by atoms with Crippen molar-refractivity contribution in [2.75, 3.05) is 26.2 Å². The number of amides is 1. The number of likely N-dealkylation sites (tertiary alicyclic amines) is 1. The molecule has 1 amide bonds. The van der Waals surface area contributed by atoms with Gasteiger partial charge in [-0.05, 0) is 57.0 Å². The molecule has 0 unspecified atom stereocenters. The molecule has 0 atom stereocenters. The van der Waals surface area contributed by atoms with E-state index in [1.54, 1.807) is 18.2 Å². The molecule has 26 heavy (non-hydrogen) atoms. The molecule has 6 heteroatoms. The summed E-state index contributed by atoms with van der Waals surface area (Å²) < 4.78 is 0. The molecule has 2 saturated heterocycles. The average molecular weight is 399 g/mol. The summed E-state index contributed by atoms with van der Waals surface area (Å²) in [7, 11) is 0. The Morgan fingerprint density at radius 1 is 0.923 bits per heavy atom. The molecule has 2 aliphatic heterocycles. The van der Waals surface area contributed by atoms with Crippen molar-refractivity contribution < 1.29 is 9.59 Å². The molecular weight excluding hydrogens is 371 g/mol. The van der Waals surface area contributed by atoms with E-state index >= 15 is 0 Å². The average Bonchev–Trinajstić information content (AvgIpc) is 2.68. The molecule has 1 aromatic rings. The number of rotatable bonds is 3. The van der Waals surface area contributed by atoms with Crippen molar-refractivity contribution in [1.29, 1.82) is 0 Å². The van der Waals surface area contributed by atoms with Crippen molar-refractivity contribution in [2.24, 2.45) is 11.8 Å². The molecule has 0 bridgehead atoms. The van der Waals surface area contributed by atoms with Crippen molar-refractivity contribution in [2.45, 2.75) is 39.5 Å². The summed E-state index contributed by atoms with van der Waals surface area (Å²) in [5.41, 5.74) is 0.565. The van der Waals surface area contributed by atoms with E-state index < -0.39 is 0 Å². The van der Waals surface area contributed by atoms with Crippen molar-refractivity contribution in [3.8, 4) is 0 Å². The van der Waals surface area contributed by atoms with Gasteiger partial charge in [-0.15, -0.1) is 0 Å². The van der Waals surface area contributed by atoms with Crippen LogP contribution in [0.3, 0.4) is 0 Å². The quantitative estimate of drug-likeness (QED) is 0.765. The van der Waals surface area contributed by atoms with Crippen LogP contribution in [-0.2, 0) is 4.79 Å². The second-order valence-corrected chi connectivity index (χ2v) is 7.52. The number of carbonyl (C=O) groups is 2. The van der Waals surface area contributed by atoms with Crippen LogP contribution < -0.4 is 5.32 Å². The van der Waals surface area contributed by atoms with Gasteiger partial charge in [-0.2, -0.15) is 0 Å². The van der Waals surface area contributed by atoms with Gasteiger partial charge in [-0.3, -0.25) is 9.59 Å². The lowest BCUT2D eigenvalue weighted by molar-refractivity contribution is -0.137. The fourth-order valence-corrected chi connectivity index (χ4v) is 4.15. The van der Waals surface area contributed by atoms with Crippen LogP contribution in [0, 0.1) is 11.8 Å². The fourth-order valence-electron chi connectivity index (χ4n) is 3.62. The number of benzene rings is 1. The van der Waals surface area contributed by atoms with Gasteiger partial charge in [0.15, 0.2) is 5.78 Å². The van der Waals surface area contributed by atoms with Gasteiger partial charge in [0, 0.05) is 40.5 Å². The molecule has 4 nitrogen and oxygen atoms in total. The maximum atomic E-state index is 12.7. The lowest BCUT2D eigenvalue weighted by Gasteiger charge is -2.35. The van der Waals surface area contributed by atoms with Crippen LogP contribution in [0.4, 0.5) is 0 Å². The van der Waals surface area contributed by atoms with E-state index in [2.05, 4.69) is 5.32 Å². The molecule has 2 heterocycles. The van der Waals surface area contributed by atoms with E-state index in [1.807, 2.05) is 18.7 Å². The second-order valence-electron chi connectivity index (χ2n) is 6.65. The number of nitrogens with one attached hydrogen (secondary N) is 1. The third-order valence-corrected chi connectivity index (χ3v) is 5.45. The second kappa shape index (κ2) is 10.3. The van der Waals surface area contributed by atoms with Gasteiger partial charge < -0.3 is 10.2 Å². The Hall–Kier alpha value is -1.10. The number of ketones is 1. The predicted molar refractivity (Wildman–Crippen MR) is 107 cm³/mol. The number of piperidine rings is 2. The number of nitrogens with zero attached hydrogens (tertiary/aromatic N) is 1. The Morgan fingerprint density at radius 2 is 1.46 bits per heavy atom. The molecule has 0 aromatic heterocycles. The number of carbonyl (C=O) groups excluding carboxylic acids is 2. The zero-order chi connectivity index (χ0) is 19.1. The molecule has 0 aliphatic carbocycles. The molecule has 0 saturated carbocycles. The van der Waals surface area contributed by atoms with E-state index in [0.29, 0.717) is 41.5 Å². The van der Waals surface area contributed by atoms with Crippen LogP contribution in [0.15, 0.2) is 18.2 Å². The Bertz CT molecular complexity index is 602. The first-order valence-corrected chi connectivity index (χ1v) is 10.3. The van der Waals surface area contributed by atoms with Crippen LogP contribution in [0.25, 0.3) is 0 Å². The van der Waals surface area contributed by atoms with E-state index in [4.69, 9.17) is 23.2 Å². The minimum Gasteiger partial charge on any atom is -0.342 e. The van der Waals surface area contributed by atoms with Crippen LogP contribution in [0.1, 0.15) is 49.9 Å². The third kappa shape index (κ3) is 5.45. The van der Waals surface area contributed by atoms with Crippen LogP contribution in [-0.4, -0.2) is 42.8 Å². The summed E-state index contributed by atoms with van der Waals surface area (Å²) in [4.78, 5) is 27.2. The molecular formula is C20H28Cl2N2O2. The summed E-state index contributed by atoms with van der Waals surface area (Å²) >= 11 is 12.0. The zero-order valence-electron chi connectivity index (χ0n) is 15.6. The highest BCUT2D eigenvalue weighted by Gasteiger charge is 2.31. The minimum absolute atomic E-state index is 0.0587. The first kappa shape index (κ1) is 21.2. The molecule has 2 fully saturated rings. The topological polar surface area (TPSA) is 49.4 Å². The molecule has 2 aliphatic rings. The van der Waals surface area contributed by atoms with Gasteiger partial charge in [0.1, 0.15) is 0 Å². The summed E-state index contributed by atoms with van der Waals surface area (Å²) in [5.74, 6) is 0.420. The molecule has 3 rings (SSSR count). The van der Waals surface area contributed by atoms with Gasteiger partial charge in [0.05, 0.1) is 0 Å². The molecule has 0 spiro atoms. The van der Waals surface area contributed by atoms with Gasteiger partial charge in [-0.25, -0.2) is 0 Å². The highest BCUT2D eigenvalue weighted by molar-refractivity contribution is 6.35. The summed E-state index contributed by atoms with van der Waals surface area (Å²) in [6, 6.07) is 4.96. The van der Waals surface area contributed by atoms with Crippen LogP contribution >= 0.6 is 23.2 Å². The Labute approximate surface area is 166 Å². The Balaban J connectivity index is 0.00000117. The van der Waals surface area contributed by atoms with Crippen molar-refractivity contribution in [3.63, 3.8) is 0 Å². The summed E-state index contributed by atoms with van der Waals surface area (Å²) in [5, 5.41) is 4.24. The van der Waals surface area contributed by atoms with Gasteiger partial charge >= 0.3 is 0 Å². The number of hydrogen-bond acceptors (Lipinski definition) is 3. The van der Waals surface area contributed by atoms with Crippen LogP contribution in [0.5, 0.6) is 0 Å². The number of halogens is 2. The lowest BCUT2D eigenvalue weighted by Crippen LogP contribution is -2.45. The van der Waals surface area contributed by atoms with Gasteiger partial charge in [0.25, 0.3) is 0 Å². The number of Topliss-reactive ketones (excluding diaryl/α,β-unsaturated/α-hetero) is 1. The third-order valence-electron chi connectivity index (χ3n) is 5.01. The normalized spacial score (nSPS) is 18.8. The van der Waals surface area contributed by atoms with Crippen molar-refractivity contribution >= 4 is 34.9 Å². The maximum absolute atomic E-state index is 12.7. The monoisotopic (exact) mass is 398 g/mol. The lowest BCUT2D eigenvalue weighted by atomic mass is 9.87. The summed E-state index contributed by atoms with van der Waals surface area (Å²) in [6.07, 6.45) is 3.25. The van der Waals surface area contributed by atoms with E-state index in [-0.39, 0.29) is 23.5 Å².